The fourth-order valence-electron chi connectivity index (χ4n) is 4.23. The molecule has 6 rings (SSSR count). The van der Waals surface area contributed by atoms with Gasteiger partial charge in [-0.25, -0.2) is 24.3 Å². The van der Waals surface area contributed by atoms with Gasteiger partial charge in [0, 0.05) is 0 Å². The standard InChI is InChI=1S/2C17H14P.Cr/c2*1-3-9-15(10-4-1)18(17-13-7-8-14-17)16-11-5-2-6-12-16;/h2*1-14H;/q2*-1;+2. The molecule has 0 aliphatic heterocycles. The van der Waals surface area contributed by atoms with Gasteiger partial charge in [-0.1, -0.05) is 121 Å². The van der Waals surface area contributed by atoms with Gasteiger partial charge in [0.15, 0.2) is 0 Å². The van der Waals surface area contributed by atoms with Crippen LogP contribution in [0.1, 0.15) is 0 Å². The molecule has 37 heavy (non-hydrogen) atoms. The van der Waals surface area contributed by atoms with Crippen LogP contribution in [-0.4, -0.2) is 0 Å². The third-order valence-corrected chi connectivity index (χ3v) is 10.8. The van der Waals surface area contributed by atoms with E-state index in [1.54, 1.807) is 0 Å². The van der Waals surface area contributed by atoms with Crippen molar-refractivity contribution >= 4 is 47.7 Å². The summed E-state index contributed by atoms with van der Waals surface area (Å²) in [5, 5.41) is 8.47. The van der Waals surface area contributed by atoms with E-state index in [4.69, 9.17) is 0 Å². The van der Waals surface area contributed by atoms with E-state index in [0.29, 0.717) is 0 Å². The van der Waals surface area contributed by atoms with Crippen LogP contribution in [0.3, 0.4) is 0 Å². The summed E-state index contributed by atoms with van der Waals surface area (Å²) in [6.45, 7) is 0. The summed E-state index contributed by atoms with van der Waals surface area (Å²) in [5.41, 5.74) is 0. The number of benzene rings is 4. The summed E-state index contributed by atoms with van der Waals surface area (Å²) in [6, 6.07) is 60.5. The molecule has 180 valence electrons. The van der Waals surface area contributed by atoms with Crippen LogP contribution in [0.25, 0.3) is 0 Å². The van der Waals surface area contributed by atoms with Crippen molar-refractivity contribution in [3.63, 3.8) is 0 Å². The molecule has 0 spiro atoms. The normalized spacial score (nSPS) is 10.4. The molecule has 0 saturated carbocycles. The van der Waals surface area contributed by atoms with E-state index in [1.165, 1.54) is 31.8 Å². The minimum atomic E-state index is -0.409. The Morgan fingerprint density at radius 2 is 0.595 bits per heavy atom. The van der Waals surface area contributed by atoms with Crippen molar-refractivity contribution in [2.45, 2.75) is 0 Å². The zero-order valence-electron chi connectivity index (χ0n) is 20.5. The first kappa shape index (κ1) is 27.0. The molecule has 0 saturated heterocycles. The van der Waals surface area contributed by atoms with Gasteiger partial charge in [-0.3, -0.25) is 0 Å². The molecule has 6 aromatic rings. The summed E-state index contributed by atoms with van der Waals surface area (Å²) in [5.74, 6) is 0. The van der Waals surface area contributed by atoms with Gasteiger partial charge in [0.05, 0.1) is 0 Å². The molecule has 0 fully saturated rings. The first-order valence-electron chi connectivity index (χ1n) is 12.1. The van der Waals surface area contributed by atoms with E-state index in [9.17, 15) is 0 Å². The van der Waals surface area contributed by atoms with Crippen LogP contribution in [0.2, 0.25) is 0 Å². The third-order valence-electron chi connectivity index (χ3n) is 5.86. The van der Waals surface area contributed by atoms with Crippen molar-refractivity contribution in [3.05, 3.63) is 170 Å². The Balaban J connectivity index is 0.000000168. The molecule has 0 atom stereocenters. The zero-order valence-corrected chi connectivity index (χ0v) is 23.5. The maximum Gasteiger partial charge on any atom is 2.00 e. The number of rotatable bonds is 6. The van der Waals surface area contributed by atoms with Gasteiger partial charge in [0.2, 0.25) is 0 Å². The minimum Gasteiger partial charge on any atom is -0.213 e. The third kappa shape index (κ3) is 7.05. The van der Waals surface area contributed by atoms with E-state index in [2.05, 4.69) is 170 Å². The van der Waals surface area contributed by atoms with Gasteiger partial charge in [0.25, 0.3) is 0 Å². The molecular formula is C34H28CrP2. The van der Waals surface area contributed by atoms with Gasteiger partial charge in [-0.05, 0) is 37.1 Å². The SMILES string of the molecule is [Cr+2].c1ccc(P(c2ccccc2)c2ccc[cH-]2)cc1.c1ccc(P(c2ccccc2)c2ccc[cH-]2)cc1. The second-order valence-corrected chi connectivity index (χ2v) is 12.7. The maximum absolute atomic E-state index is 2.23. The summed E-state index contributed by atoms with van der Waals surface area (Å²) in [6.07, 6.45) is 0. The van der Waals surface area contributed by atoms with Crippen LogP contribution in [-0.2, 0) is 17.4 Å². The molecule has 0 aromatic heterocycles. The average Bonchev–Trinajstić information content (AvgIpc) is 3.68. The van der Waals surface area contributed by atoms with Gasteiger partial charge < -0.3 is 0 Å². The second kappa shape index (κ2) is 14.1. The Morgan fingerprint density at radius 1 is 0.324 bits per heavy atom. The molecule has 0 aliphatic rings. The molecule has 0 aliphatic carbocycles. The monoisotopic (exact) mass is 550 g/mol. The Bertz CT molecular complexity index is 1210. The molecule has 0 heterocycles. The molecule has 0 amide bonds. The molecule has 0 nitrogen and oxygen atoms in total. The predicted octanol–water partition coefficient (Wildman–Crippen LogP) is 6.32. The van der Waals surface area contributed by atoms with Gasteiger partial charge in [0.1, 0.15) is 0 Å². The molecule has 0 radical (unpaired) electrons. The number of hydrogen-bond donors (Lipinski definition) is 0. The Kier molecular flexibility index (Phi) is 10.3. The summed E-state index contributed by atoms with van der Waals surface area (Å²) in [4.78, 5) is 0. The van der Waals surface area contributed by atoms with E-state index >= 15 is 0 Å². The van der Waals surface area contributed by atoms with Crippen molar-refractivity contribution in [3.8, 4) is 0 Å². The number of hydrogen-bond acceptors (Lipinski definition) is 0. The zero-order chi connectivity index (χ0) is 24.4. The topological polar surface area (TPSA) is 0 Å². The van der Waals surface area contributed by atoms with Crippen LogP contribution in [0.5, 0.6) is 0 Å². The molecule has 0 unspecified atom stereocenters. The van der Waals surface area contributed by atoms with Crippen LogP contribution >= 0.6 is 15.8 Å². The first-order chi connectivity index (χ1) is 17.9. The molecular weight excluding hydrogens is 522 g/mol. The van der Waals surface area contributed by atoms with Crippen molar-refractivity contribution in [2.75, 3.05) is 0 Å². The van der Waals surface area contributed by atoms with Crippen molar-refractivity contribution in [2.24, 2.45) is 0 Å². The molecule has 0 N–H and O–H groups in total. The predicted molar refractivity (Wildman–Crippen MR) is 161 cm³/mol. The largest absolute Gasteiger partial charge is 2.00 e. The Hall–Kier alpha value is -3.03. The van der Waals surface area contributed by atoms with Crippen LogP contribution in [0.4, 0.5) is 0 Å². The first-order valence-corrected chi connectivity index (χ1v) is 14.8. The average molecular weight is 551 g/mol. The van der Waals surface area contributed by atoms with Gasteiger partial charge >= 0.3 is 17.4 Å². The quantitative estimate of drug-likeness (QED) is 0.168. The molecule has 6 aromatic carbocycles. The van der Waals surface area contributed by atoms with E-state index in [1.807, 2.05) is 0 Å². The van der Waals surface area contributed by atoms with Gasteiger partial charge in [-0.2, -0.15) is 24.3 Å². The van der Waals surface area contributed by atoms with E-state index in [-0.39, 0.29) is 17.4 Å². The van der Waals surface area contributed by atoms with Crippen molar-refractivity contribution in [1.82, 2.24) is 0 Å². The Morgan fingerprint density at radius 3 is 0.811 bits per heavy atom. The van der Waals surface area contributed by atoms with Gasteiger partial charge in [-0.15, -0.1) is 10.6 Å². The van der Waals surface area contributed by atoms with E-state index < -0.39 is 15.8 Å². The second-order valence-electron chi connectivity index (χ2n) is 8.30. The maximum atomic E-state index is 2.23. The van der Waals surface area contributed by atoms with Crippen molar-refractivity contribution < 1.29 is 17.4 Å². The fraction of sp³-hybridized carbons (Fsp3) is 0. The minimum absolute atomic E-state index is 0. The van der Waals surface area contributed by atoms with Crippen LogP contribution in [0.15, 0.2) is 170 Å². The molecule has 0 bridgehead atoms. The van der Waals surface area contributed by atoms with E-state index in [0.717, 1.165) is 0 Å². The summed E-state index contributed by atoms with van der Waals surface area (Å²) >= 11 is 0. The Labute approximate surface area is 234 Å². The van der Waals surface area contributed by atoms with Crippen LogP contribution in [0, 0.1) is 0 Å². The van der Waals surface area contributed by atoms with Crippen LogP contribution < -0.4 is 31.8 Å². The fourth-order valence-corrected chi connectivity index (χ4v) is 8.84. The van der Waals surface area contributed by atoms with Crippen molar-refractivity contribution in [1.29, 1.82) is 0 Å². The summed E-state index contributed by atoms with van der Waals surface area (Å²) in [7, 11) is -0.818. The summed E-state index contributed by atoms with van der Waals surface area (Å²) < 4.78 is 0. The molecule has 3 heteroatoms. The smallest absolute Gasteiger partial charge is 0.213 e.